The first kappa shape index (κ1) is 13.7. The van der Waals surface area contributed by atoms with E-state index in [1.807, 2.05) is 13.8 Å². The van der Waals surface area contributed by atoms with Crippen LogP contribution in [-0.2, 0) is 18.9 Å². The number of fused-ring (bicyclic) bond motifs is 3. The summed E-state index contributed by atoms with van der Waals surface area (Å²) in [5, 5.41) is 20.4. The van der Waals surface area contributed by atoms with Crippen molar-refractivity contribution in [2.45, 2.75) is 69.8 Å². The van der Waals surface area contributed by atoms with Crippen LogP contribution in [0.2, 0.25) is 0 Å². The SMILES string of the molecule is CC1(C)O[C@@H]2[C@H](O1)[C@@H](O)[C@@H](O)[C@H]1COC(C)(C)O[C@H]12. The summed E-state index contributed by atoms with van der Waals surface area (Å²) in [5.41, 5.74) is 0. The van der Waals surface area contributed by atoms with Crippen LogP contribution in [0.25, 0.3) is 0 Å². The highest BCUT2D eigenvalue weighted by molar-refractivity contribution is 5.05. The molecule has 0 spiro atoms. The number of hydrogen-bond acceptors (Lipinski definition) is 6. The number of hydrogen-bond donors (Lipinski definition) is 2. The van der Waals surface area contributed by atoms with Crippen LogP contribution in [0.5, 0.6) is 0 Å². The summed E-state index contributed by atoms with van der Waals surface area (Å²) >= 11 is 0. The van der Waals surface area contributed by atoms with E-state index in [9.17, 15) is 10.2 Å². The molecule has 6 atom stereocenters. The van der Waals surface area contributed by atoms with Gasteiger partial charge in [0.2, 0.25) is 0 Å². The van der Waals surface area contributed by atoms with Crippen molar-refractivity contribution in [1.29, 1.82) is 0 Å². The molecule has 1 aliphatic carbocycles. The molecule has 6 nitrogen and oxygen atoms in total. The normalized spacial score (nSPS) is 51.5. The summed E-state index contributed by atoms with van der Waals surface area (Å²) in [5.74, 6) is -1.80. The number of aliphatic hydroxyl groups is 2. The van der Waals surface area contributed by atoms with Crippen LogP contribution in [0.1, 0.15) is 27.7 Å². The van der Waals surface area contributed by atoms with E-state index in [1.165, 1.54) is 0 Å². The van der Waals surface area contributed by atoms with E-state index in [-0.39, 0.29) is 18.1 Å². The molecule has 2 N–H and O–H groups in total. The van der Waals surface area contributed by atoms with Crippen molar-refractivity contribution in [1.82, 2.24) is 0 Å². The summed E-state index contributed by atoms with van der Waals surface area (Å²) in [6.07, 6.45) is -3.21. The predicted octanol–water partition coefficient (Wildman–Crippen LogP) is 0.00960. The summed E-state index contributed by atoms with van der Waals surface area (Å²) in [4.78, 5) is 0. The Labute approximate surface area is 112 Å². The Morgan fingerprint density at radius 2 is 1.37 bits per heavy atom. The largest absolute Gasteiger partial charge is 0.390 e. The van der Waals surface area contributed by atoms with Gasteiger partial charge < -0.3 is 29.2 Å². The number of ether oxygens (including phenoxy) is 4. The van der Waals surface area contributed by atoms with E-state index in [1.54, 1.807) is 13.8 Å². The predicted molar refractivity (Wildman–Crippen MR) is 64.2 cm³/mol. The second kappa shape index (κ2) is 4.13. The Morgan fingerprint density at radius 3 is 2.05 bits per heavy atom. The molecule has 0 unspecified atom stereocenters. The lowest BCUT2D eigenvalue weighted by atomic mass is 9.78. The van der Waals surface area contributed by atoms with Gasteiger partial charge in [-0.05, 0) is 27.7 Å². The first-order chi connectivity index (χ1) is 8.70. The first-order valence-corrected chi connectivity index (χ1v) is 6.74. The standard InChI is InChI=1S/C13H22O6/c1-12(2)16-5-6-7(14)8(15)10-11(9(6)17-12)19-13(3,4)18-10/h6-11,14-15H,5H2,1-4H3/t6-,7+,8+,9-,10-,11+/m1/s1. The van der Waals surface area contributed by atoms with Crippen LogP contribution in [0.3, 0.4) is 0 Å². The summed E-state index contributed by atoms with van der Waals surface area (Å²) in [7, 11) is 0. The van der Waals surface area contributed by atoms with Crippen molar-refractivity contribution >= 4 is 0 Å². The van der Waals surface area contributed by atoms with Gasteiger partial charge in [0.05, 0.1) is 18.8 Å². The molecule has 0 bridgehead atoms. The van der Waals surface area contributed by atoms with E-state index in [0.29, 0.717) is 6.61 Å². The lowest BCUT2D eigenvalue weighted by Gasteiger charge is -2.49. The maximum atomic E-state index is 10.2. The molecule has 3 rings (SSSR count). The maximum Gasteiger partial charge on any atom is 0.164 e. The lowest BCUT2D eigenvalue weighted by Crippen LogP contribution is -2.65. The molecular formula is C13H22O6. The quantitative estimate of drug-likeness (QED) is 0.648. The molecule has 2 aliphatic heterocycles. The second-order valence-electron chi connectivity index (χ2n) is 6.50. The summed E-state index contributed by atoms with van der Waals surface area (Å²) in [6, 6.07) is 0. The maximum absolute atomic E-state index is 10.2. The van der Waals surface area contributed by atoms with Gasteiger partial charge in [-0.1, -0.05) is 0 Å². The molecule has 0 aromatic heterocycles. The molecule has 2 heterocycles. The highest BCUT2D eigenvalue weighted by atomic mass is 16.8. The van der Waals surface area contributed by atoms with Crippen molar-refractivity contribution < 1.29 is 29.2 Å². The zero-order valence-electron chi connectivity index (χ0n) is 11.7. The van der Waals surface area contributed by atoms with Crippen molar-refractivity contribution in [3.8, 4) is 0 Å². The average Bonchev–Trinajstić information content (AvgIpc) is 2.61. The van der Waals surface area contributed by atoms with Gasteiger partial charge in [-0.15, -0.1) is 0 Å². The van der Waals surface area contributed by atoms with E-state index in [0.717, 1.165) is 0 Å². The molecule has 6 heteroatoms. The van der Waals surface area contributed by atoms with Crippen LogP contribution >= 0.6 is 0 Å². The number of aliphatic hydroxyl groups excluding tert-OH is 2. The summed E-state index contributed by atoms with van der Waals surface area (Å²) in [6.45, 7) is 7.59. The van der Waals surface area contributed by atoms with Gasteiger partial charge in [-0.3, -0.25) is 0 Å². The van der Waals surface area contributed by atoms with Crippen molar-refractivity contribution in [2.75, 3.05) is 6.61 Å². The molecule has 110 valence electrons. The van der Waals surface area contributed by atoms with Crippen LogP contribution in [0.15, 0.2) is 0 Å². The van der Waals surface area contributed by atoms with Gasteiger partial charge >= 0.3 is 0 Å². The minimum atomic E-state index is -0.985. The monoisotopic (exact) mass is 274 g/mol. The van der Waals surface area contributed by atoms with E-state index in [4.69, 9.17) is 18.9 Å². The molecule has 0 amide bonds. The topological polar surface area (TPSA) is 77.4 Å². The molecule has 2 saturated heterocycles. The fraction of sp³-hybridized carbons (Fsp3) is 1.00. The van der Waals surface area contributed by atoms with Gasteiger partial charge in [0, 0.05) is 5.92 Å². The first-order valence-electron chi connectivity index (χ1n) is 6.74. The van der Waals surface area contributed by atoms with E-state index < -0.39 is 29.9 Å². The number of rotatable bonds is 0. The molecule has 0 aromatic carbocycles. The molecule has 19 heavy (non-hydrogen) atoms. The Bertz CT molecular complexity index is 368. The third-order valence-corrected chi connectivity index (χ3v) is 4.08. The molecule has 3 fully saturated rings. The van der Waals surface area contributed by atoms with E-state index in [2.05, 4.69) is 0 Å². The van der Waals surface area contributed by atoms with Gasteiger partial charge in [0.15, 0.2) is 11.6 Å². The van der Waals surface area contributed by atoms with Gasteiger partial charge in [-0.2, -0.15) is 0 Å². The van der Waals surface area contributed by atoms with Gasteiger partial charge in [0.1, 0.15) is 18.3 Å². The zero-order valence-corrected chi connectivity index (χ0v) is 11.7. The Morgan fingerprint density at radius 1 is 0.789 bits per heavy atom. The average molecular weight is 274 g/mol. The van der Waals surface area contributed by atoms with Crippen LogP contribution in [0.4, 0.5) is 0 Å². The van der Waals surface area contributed by atoms with Gasteiger partial charge in [-0.25, -0.2) is 0 Å². The molecule has 0 radical (unpaired) electrons. The van der Waals surface area contributed by atoms with Crippen molar-refractivity contribution in [3.63, 3.8) is 0 Å². The molecule has 1 saturated carbocycles. The smallest absolute Gasteiger partial charge is 0.164 e. The highest BCUT2D eigenvalue weighted by Gasteiger charge is 2.60. The Hall–Kier alpha value is -0.240. The third-order valence-electron chi connectivity index (χ3n) is 4.08. The zero-order chi connectivity index (χ0) is 14.0. The van der Waals surface area contributed by atoms with Crippen molar-refractivity contribution in [3.05, 3.63) is 0 Å². The fourth-order valence-electron chi connectivity index (χ4n) is 3.23. The Kier molecular flexibility index (Phi) is 2.98. The van der Waals surface area contributed by atoms with Gasteiger partial charge in [0.25, 0.3) is 0 Å². The highest BCUT2D eigenvalue weighted by Crippen LogP contribution is 2.44. The molecular weight excluding hydrogens is 252 g/mol. The summed E-state index contributed by atoms with van der Waals surface area (Å²) < 4.78 is 23.0. The van der Waals surface area contributed by atoms with Crippen LogP contribution in [-0.4, -0.2) is 58.9 Å². The molecule has 3 aliphatic rings. The lowest BCUT2D eigenvalue weighted by molar-refractivity contribution is -0.336. The van der Waals surface area contributed by atoms with Crippen molar-refractivity contribution in [2.24, 2.45) is 5.92 Å². The second-order valence-corrected chi connectivity index (χ2v) is 6.50. The third kappa shape index (κ3) is 2.20. The van der Waals surface area contributed by atoms with E-state index >= 15 is 0 Å². The minimum Gasteiger partial charge on any atom is -0.390 e. The Balaban J connectivity index is 1.90. The van der Waals surface area contributed by atoms with Crippen LogP contribution in [0, 0.1) is 5.92 Å². The fourth-order valence-corrected chi connectivity index (χ4v) is 3.23. The van der Waals surface area contributed by atoms with Crippen LogP contribution < -0.4 is 0 Å². The minimum absolute atomic E-state index is 0.304. The molecule has 0 aromatic rings.